The molecular formula is C21H36N4O4S. The van der Waals surface area contributed by atoms with Crippen LogP contribution in [0.3, 0.4) is 0 Å². The second kappa shape index (κ2) is 12.8. The summed E-state index contributed by atoms with van der Waals surface area (Å²) in [4.78, 5) is 4.71. The summed E-state index contributed by atoms with van der Waals surface area (Å²) >= 11 is 0. The summed E-state index contributed by atoms with van der Waals surface area (Å²) in [5.41, 5.74) is 1.10. The number of piperidine rings is 1. The van der Waals surface area contributed by atoms with Crippen LogP contribution in [0.25, 0.3) is 0 Å². The van der Waals surface area contributed by atoms with Crippen LogP contribution in [-0.2, 0) is 21.3 Å². The molecule has 0 amide bonds. The highest BCUT2D eigenvalue weighted by Crippen LogP contribution is 2.18. The first-order valence-corrected chi connectivity index (χ1v) is 12.4. The Bertz CT molecular complexity index is 745. The maximum Gasteiger partial charge on any atom is 0.211 e. The predicted molar refractivity (Wildman–Crippen MR) is 120 cm³/mol. The Labute approximate surface area is 181 Å². The molecule has 2 rings (SSSR count). The van der Waals surface area contributed by atoms with E-state index >= 15 is 0 Å². The fourth-order valence-electron chi connectivity index (χ4n) is 3.29. The van der Waals surface area contributed by atoms with Crippen molar-refractivity contribution < 1.29 is 17.9 Å². The summed E-state index contributed by atoms with van der Waals surface area (Å²) in [6.45, 7) is 6.74. The van der Waals surface area contributed by atoms with Crippen LogP contribution in [0.4, 0.5) is 0 Å². The number of nitrogens with zero attached hydrogens (tertiary/aromatic N) is 2. The van der Waals surface area contributed by atoms with Crippen molar-refractivity contribution in [2.24, 2.45) is 10.9 Å². The van der Waals surface area contributed by atoms with Crippen molar-refractivity contribution in [2.75, 3.05) is 52.8 Å². The van der Waals surface area contributed by atoms with Gasteiger partial charge in [-0.3, -0.25) is 0 Å². The lowest BCUT2D eigenvalue weighted by Gasteiger charge is -2.30. The SMILES string of the molecule is CCOCCCNC(=NCc1ccc(OC)cc1)NCC1CCN(S(C)(=O)=O)CC1. The molecule has 8 nitrogen and oxygen atoms in total. The number of hydrogen-bond acceptors (Lipinski definition) is 5. The van der Waals surface area contributed by atoms with E-state index in [1.807, 2.05) is 31.2 Å². The Morgan fingerprint density at radius 3 is 2.50 bits per heavy atom. The number of methoxy groups -OCH3 is 1. The average molecular weight is 441 g/mol. The molecule has 0 atom stereocenters. The van der Waals surface area contributed by atoms with Gasteiger partial charge in [-0.15, -0.1) is 0 Å². The van der Waals surface area contributed by atoms with Gasteiger partial charge in [-0.1, -0.05) is 12.1 Å². The topological polar surface area (TPSA) is 92.3 Å². The van der Waals surface area contributed by atoms with Crippen LogP contribution in [0.2, 0.25) is 0 Å². The van der Waals surface area contributed by atoms with Crippen molar-refractivity contribution in [3.8, 4) is 5.75 Å². The van der Waals surface area contributed by atoms with E-state index in [2.05, 4.69) is 10.6 Å². The van der Waals surface area contributed by atoms with E-state index in [-0.39, 0.29) is 0 Å². The Kier molecular flexibility index (Phi) is 10.4. The molecule has 1 fully saturated rings. The molecule has 1 aromatic carbocycles. The molecule has 0 radical (unpaired) electrons. The molecule has 170 valence electrons. The molecule has 1 aromatic rings. The molecule has 1 saturated heterocycles. The quantitative estimate of drug-likeness (QED) is 0.310. The summed E-state index contributed by atoms with van der Waals surface area (Å²) in [6, 6.07) is 7.89. The van der Waals surface area contributed by atoms with Crippen molar-refractivity contribution >= 4 is 16.0 Å². The second-order valence-corrected chi connectivity index (χ2v) is 9.46. The molecule has 0 bridgehead atoms. The lowest BCUT2D eigenvalue weighted by Crippen LogP contribution is -2.44. The first-order valence-electron chi connectivity index (χ1n) is 10.6. The van der Waals surface area contributed by atoms with Gasteiger partial charge >= 0.3 is 0 Å². The summed E-state index contributed by atoms with van der Waals surface area (Å²) in [7, 11) is -1.43. The van der Waals surface area contributed by atoms with Crippen LogP contribution in [-0.4, -0.2) is 71.4 Å². The number of hydrogen-bond donors (Lipinski definition) is 2. The van der Waals surface area contributed by atoms with E-state index in [9.17, 15) is 8.42 Å². The maximum absolute atomic E-state index is 11.7. The van der Waals surface area contributed by atoms with E-state index < -0.39 is 10.0 Å². The summed E-state index contributed by atoms with van der Waals surface area (Å²) < 4.78 is 35.5. The summed E-state index contributed by atoms with van der Waals surface area (Å²) in [6.07, 6.45) is 3.90. The zero-order valence-electron chi connectivity index (χ0n) is 18.4. The minimum absolute atomic E-state index is 0.430. The van der Waals surface area contributed by atoms with Crippen LogP contribution in [0, 0.1) is 5.92 Å². The van der Waals surface area contributed by atoms with Crippen molar-refractivity contribution in [3.63, 3.8) is 0 Å². The van der Waals surface area contributed by atoms with Gasteiger partial charge in [0, 0.05) is 39.4 Å². The number of guanidine groups is 1. The molecule has 1 aliphatic rings. The van der Waals surface area contributed by atoms with E-state index in [1.165, 1.54) is 6.26 Å². The van der Waals surface area contributed by atoms with Gasteiger partial charge in [0.2, 0.25) is 10.0 Å². The van der Waals surface area contributed by atoms with Gasteiger partial charge in [-0.05, 0) is 49.8 Å². The average Bonchev–Trinajstić information content (AvgIpc) is 2.75. The van der Waals surface area contributed by atoms with Crippen molar-refractivity contribution in [1.29, 1.82) is 0 Å². The van der Waals surface area contributed by atoms with Crippen LogP contribution in [0.1, 0.15) is 31.7 Å². The fraction of sp³-hybridized carbons (Fsp3) is 0.667. The first-order chi connectivity index (χ1) is 14.4. The number of ether oxygens (including phenoxy) is 2. The van der Waals surface area contributed by atoms with E-state index in [4.69, 9.17) is 14.5 Å². The highest BCUT2D eigenvalue weighted by atomic mass is 32.2. The second-order valence-electron chi connectivity index (χ2n) is 7.48. The molecule has 0 aromatic heterocycles. The molecule has 0 spiro atoms. The normalized spacial score (nSPS) is 16.4. The molecule has 0 aliphatic carbocycles. The Morgan fingerprint density at radius 2 is 1.90 bits per heavy atom. The molecule has 0 saturated carbocycles. The van der Waals surface area contributed by atoms with Gasteiger partial charge in [0.05, 0.1) is 19.9 Å². The van der Waals surface area contributed by atoms with Gasteiger partial charge in [0.1, 0.15) is 5.75 Å². The third-order valence-corrected chi connectivity index (χ3v) is 6.44. The third-order valence-electron chi connectivity index (χ3n) is 5.14. The van der Waals surface area contributed by atoms with E-state index in [1.54, 1.807) is 11.4 Å². The number of nitrogens with one attached hydrogen (secondary N) is 2. The first kappa shape index (κ1) is 24.4. The van der Waals surface area contributed by atoms with E-state index in [0.717, 1.165) is 62.8 Å². The molecule has 1 heterocycles. The number of sulfonamides is 1. The van der Waals surface area contributed by atoms with Crippen molar-refractivity contribution in [2.45, 2.75) is 32.7 Å². The molecular weight excluding hydrogens is 404 g/mol. The molecule has 0 unspecified atom stereocenters. The van der Waals surface area contributed by atoms with Crippen LogP contribution >= 0.6 is 0 Å². The lowest BCUT2D eigenvalue weighted by atomic mass is 9.98. The predicted octanol–water partition coefficient (Wildman–Crippen LogP) is 1.83. The van der Waals surface area contributed by atoms with Gasteiger partial charge in [0.25, 0.3) is 0 Å². The summed E-state index contributed by atoms with van der Waals surface area (Å²) in [5, 5.41) is 6.80. The smallest absolute Gasteiger partial charge is 0.211 e. The standard InChI is InChI=1S/C21H36N4O4S/c1-4-29-15-5-12-22-21(23-16-18-6-8-20(28-2)9-7-18)24-17-19-10-13-25(14-11-19)30(3,26)27/h6-9,19H,4-5,10-17H2,1-3H3,(H2,22,23,24). The lowest BCUT2D eigenvalue weighted by molar-refractivity contribution is 0.145. The molecule has 1 aliphatic heterocycles. The van der Waals surface area contributed by atoms with Crippen LogP contribution in [0.5, 0.6) is 5.75 Å². The minimum atomic E-state index is -3.09. The molecule has 2 N–H and O–H groups in total. The van der Waals surface area contributed by atoms with Gasteiger partial charge in [-0.25, -0.2) is 17.7 Å². The monoisotopic (exact) mass is 440 g/mol. The number of benzene rings is 1. The van der Waals surface area contributed by atoms with Gasteiger partial charge in [0.15, 0.2) is 5.96 Å². The van der Waals surface area contributed by atoms with Crippen LogP contribution < -0.4 is 15.4 Å². The maximum atomic E-state index is 11.7. The Balaban J connectivity index is 1.87. The molecule has 30 heavy (non-hydrogen) atoms. The van der Waals surface area contributed by atoms with Gasteiger partial charge < -0.3 is 20.1 Å². The minimum Gasteiger partial charge on any atom is -0.497 e. The Morgan fingerprint density at radius 1 is 1.20 bits per heavy atom. The zero-order valence-corrected chi connectivity index (χ0v) is 19.2. The third kappa shape index (κ3) is 8.89. The fourth-order valence-corrected chi connectivity index (χ4v) is 4.16. The zero-order chi connectivity index (χ0) is 21.8. The van der Waals surface area contributed by atoms with Crippen LogP contribution in [0.15, 0.2) is 29.3 Å². The van der Waals surface area contributed by atoms with E-state index in [0.29, 0.717) is 25.6 Å². The largest absolute Gasteiger partial charge is 0.497 e. The highest BCUT2D eigenvalue weighted by molar-refractivity contribution is 7.88. The van der Waals surface area contributed by atoms with Crippen molar-refractivity contribution in [3.05, 3.63) is 29.8 Å². The highest BCUT2D eigenvalue weighted by Gasteiger charge is 2.24. The molecule has 9 heteroatoms. The summed E-state index contributed by atoms with van der Waals surface area (Å²) in [5.74, 6) is 2.03. The number of aliphatic imine (C=N–C) groups is 1. The van der Waals surface area contributed by atoms with Gasteiger partial charge in [-0.2, -0.15) is 0 Å². The van der Waals surface area contributed by atoms with Crippen molar-refractivity contribution in [1.82, 2.24) is 14.9 Å². The number of rotatable bonds is 11. The Hall–Kier alpha value is -1.84.